The van der Waals surface area contributed by atoms with Gasteiger partial charge in [-0.1, -0.05) is 12.1 Å². The van der Waals surface area contributed by atoms with E-state index in [1.807, 2.05) is 26.1 Å². The minimum absolute atomic E-state index is 0.797. The lowest BCUT2D eigenvalue weighted by atomic mass is 10.1. The van der Waals surface area contributed by atoms with Crippen LogP contribution in [0.4, 0.5) is 0 Å². The third-order valence-corrected chi connectivity index (χ3v) is 3.97. The van der Waals surface area contributed by atoms with E-state index in [9.17, 15) is 4.79 Å². The first-order chi connectivity index (χ1) is 10.2. The van der Waals surface area contributed by atoms with E-state index in [1.54, 1.807) is 0 Å². The van der Waals surface area contributed by atoms with Gasteiger partial charge in [-0.25, -0.2) is 0 Å². The summed E-state index contributed by atoms with van der Waals surface area (Å²) in [4.78, 5) is 13.2. The predicted octanol–water partition coefficient (Wildman–Crippen LogP) is 2.01. The van der Waals surface area contributed by atoms with Crippen molar-refractivity contribution in [3.05, 3.63) is 34.9 Å². The number of hydrogen-bond donors (Lipinski definition) is 1. The number of aldehydes is 1. The van der Waals surface area contributed by atoms with Gasteiger partial charge in [-0.2, -0.15) is 0 Å². The zero-order chi connectivity index (χ0) is 15.1. The molecule has 0 spiro atoms. The van der Waals surface area contributed by atoms with Crippen molar-refractivity contribution in [1.29, 1.82) is 0 Å². The summed E-state index contributed by atoms with van der Waals surface area (Å²) in [5.74, 6) is 0. The number of ether oxygens (including phenoxy) is 1. The van der Waals surface area contributed by atoms with Gasteiger partial charge in [-0.05, 0) is 44.0 Å². The Balaban J connectivity index is 0.000000272. The first-order valence-corrected chi connectivity index (χ1v) is 7.75. The summed E-state index contributed by atoms with van der Waals surface area (Å²) in [7, 11) is 2.01. The van der Waals surface area contributed by atoms with Crippen molar-refractivity contribution in [2.45, 2.75) is 32.4 Å². The Morgan fingerprint density at radius 1 is 1.33 bits per heavy atom. The lowest BCUT2D eigenvalue weighted by Gasteiger charge is -2.26. The number of hydrogen-bond acceptors (Lipinski definition) is 4. The zero-order valence-corrected chi connectivity index (χ0v) is 13.1. The van der Waals surface area contributed by atoms with Gasteiger partial charge in [0.05, 0.1) is 13.2 Å². The summed E-state index contributed by atoms with van der Waals surface area (Å²) in [6, 6.07) is 6.98. The monoisotopic (exact) mass is 290 g/mol. The quantitative estimate of drug-likeness (QED) is 0.861. The van der Waals surface area contributed by atoms with Crippen LogP contribution in [0, 0.1) is 6.92 Å². The number of rotatable bonds is 4. The second kappa shape index (κ2) is 8.27. The van der Waals surface area contributed by atoms with Gasteiger partial charge in [-0.15, -0.1) is 0 Å². The van der Waals surface area contributed by atoms with Crippen molar-refractivity contribution in [1.82, 2.24) is 10.2 Å². The molecule has 4 heteroatoms. The highest BCUT2D eigenvalue weighted by Crippen LogP contribution is 2.17. The number of nitrogens with zero attached hydrogens (tertiary/aromatic N) is 1. The van der Waals surface area contributed by atoms with Crippen LogP contribution in [-0.2, 0) is 11.3 Å². The maximum Gasteiger partial charge on any atom is 0.150 e. The molecule has 0 aromatic heterocycles. The van der Waals surface area contributed by atoms with Crippen molar-refractivity contribution in [2.75, 3.05) is 33.4 Å². The predicted molar refractivity (Wildman–Crippen MR) is 84.7 cm³/mol. The Morgan fingerprint density at radius 3 is 2.57 bits per heavy atom. The second-order valence-corrected chi connectivity index (χ2v) is 5.76. The Kier molecular flexibility index (Phi) is 6.36. The smallest absolute Gasteiger partial charge is 0.150 e. The number of aryl methyl sites for hydroxylation is 1. The number of benzene rings is 1. The summed E-state index contributed by atoms with van der Waals surface area (Å²) in [5, 5.41) is 3.14. The van der Waals surface area contributed by atoms with Crippen molar-refractivity contribution in [3.8, 4) is 0 Å². The highest BCUT2D eigenvalue weighted by Gasteiger charge is 2.17. The van der Waals surface area contributed by atoms with E-state index in [2.05, 4.69) is 16.3 Å². The molecule has 2 fully saturated rings. The van der Waals surface area contributed by atoms with E-state index in [-0.39, 0.29) is 0 Å². The molecule has 0 unspecified atom stereocenters. The SMILES string of the molecule is CNC1CC1.Cc1ccc(CN2CCOCC2)cc1C=O. The Hall–Kier alpha value is -1.23. The molecule has 0 amide bonds. The van der Waals surface area contributed by atoms with E-state index >= 15 is 0 Å². The summed E-state index contributed by atoms with van der Waals surface area (Å²) in [6.45, 7) is 6.44. The topological polar surface area (TPSA) is 41.6 Å². The molecule has 1 aromatic carbocycles. The van der Waals surface area contributed by atoms with Gasteiger partial charge < -0.3 is 10.1 Å². The third kappa shape index (κ3) is 5.58. The molecule has 1 saturated carbocycles. The van der Waals surface area contributed by atoms with Crippen LogP contribution in [0.5, 0.6) is 0 Å². The average Bonchev–Trinajstić information content (AvgIpc) is 3.35. The summed E-state index contributed by atoms with van der Waals surface area (Å²) in [5.41, 5.74) is 3.04. The van der Waals surface area contributed by atoms with Gasteiger partial charge in [0.2, 0.25) is 0 Å². The summed E-state index contributed by atoms with van der Waals surface area (Å²) >= 11 is 0. The molecule has 1 aromatic rings. The van der Waals surface area contributed by atoms with Crippen LogP contribution in [0.1, 0.15) is 34.3 Å². The van der Waals surface area contributed by atoms with Crippen LogP contribution in [0.3, 0.4) is 0 Å². The van der Waals surface area contributed by atoms with E-state index in [1.165, 1.54) is 18.4 Å². The standard InChI is InChI=1S/C13H17NO2.C4H9N/c1-11-2-3-12(8-13(11)10-15)9-14-4-6-16-7-5-14;1-5-4-2-3-4/h2-3,8,10H,4-7,9H2,1H3;4-5H,2-3H2,1H3. The van der Waals surface area contributed by atoms with E-state index < -0.39 is 0 Å². The van der Waals surface area contributed by atoms with Gasteiger partial charge in [0.1, 0.15) is 6.29 Å². The lowest BCUT2D eigenvalue weighted by Crippen LogP contribution is -2.35. The van der Waals surface area contributed by atoms with E-state index in [0.29, 0.717) is 0 Å². The molecule has 1 aliphatic heterocycles. The first kappa shape index (κ1) is 16.1. The number of carbonyl (C=O) groups excluding carboxylic acids is 1. The van der Waals surface area contributed by atoms with Crippen molar-refractivity contribution in [3.63, 3.8) is 0 Å². The van der Waals surface area contributed by atoms with Crippen LogP contribution >= 0.6 is 0 Å². The Morgan fingerprint density at radius 2 is 2.05 bits per heavy atom. The maximum atomic E-state index is 10.8. The van der Waals surface area contributed by atoms with Crippen molar-refractivity contribution in [2.24, 2.45) is 0 Å². The number of morpholine rings is 1. The fraction of sp³-hybridized carbons (Fsp3) is 0.588. The fourth-order valence-electron chi connectivity index (χ4n) is 2.30. The van der Waals surface area contributed by atoms with Crippen LogP contribution < -0.4 is 5.32 Å². The molecular formula is C17H26N2O2. The molecule has 0 bridgehead atoms. The van der Waals surface area contributed by atoms with Gasteiger partial charge in [-0.3, -0.25) is 9.69 Å². The number of nitrogens with one attached hydrogen (secondary N) is 1. The first-order valence-electron chi connectivity index (χ1n) is 7.75. The molecule has 4 nitrogen and oxygen atoms in total. The average molecular weight is 290 g/mol. The van der Waals surface area contributed by atoms with Crippen LogP contribution in [0.25, 0.3) is 0 Å². The van der Waals surface area contributed by atoms with Gasteiger partial charge >= 0.3 is 0 Å². The molecule has 21 heavy (non-hydrogen) atoms. The van der Waals surface area contributed by atoms with Crippen LogP contribution in [0.2, 0.25) is 0 Å². The molecule has 2 aliphatic rings. The molecule has 0 atom stereocenters. The lowest BCUT2D eigenvalue weighted by molar-refractivity contribution is 0.0342. The van der Waals surface area contributed by atoms with Gasteiger partial charge in [0.25, 0.3) is 0 Å². The molecule has 1 heterocycles. The summed E-state index contributed by atoms with van der Waals surface area (Å²) in [6.07, 6.45) is 3.73. The molecule has 3 rings (SSSR count). The molecular weight excluding hydrogens is 264 g/mol. The summed E-state index contributed by atoms with van der Waals surface area (Å²) < 4.78 is 5.30. The normalized spacial score (nSPS) is 18.8. The molecule has 1 aliphatic carbocycles. The van der Waals surface area contributed by atoms with Gasteiger partial charge in [0.15, 0.2) is 0 Å². The minimum Gasteiger partial charge on any atom is -0.379 e. The maximum absolute atomic E-state index is 10.8. The van der Waals surface area contributed by atoms with E-state index in [4.69, 9.17) is 4.74 Å². The highest BCUT2D eigenvalue weighted by atomic mass is 16.5. The third-order valence-electron chi connectivity index (χ3n) is 3.97. The Labute approximate surface area is 127 Å². The van der Waals surface area contributed by atoms with E-state index in [0.717, 1.165) is 56.3 Å². The molecule has 1 saturated heterocycles. The highest BCUT2D eigenvalue weighted by molar-refractivity contribution is 5.77. The number of carbonyl (C=O) groups is 1. The second-order valence-electron chi connectivity index (χ2n) is 5.76. The fourth-order valence-corrected chi connectivity index (χ4v) is 2.30. The largest absolute Gasteiger partial charge is 0.379 e. The van der Waals surface area contributed by atoms with Crippen molar-refractivity contribution < 1.29 is 9.53 Å². The van der Waals surface area contributed by atoms with Crippen LogP contribution in [0.15, 0.2) is 18.2 Å². The molecule has 1 N–H and O–H groups in total. The van der Waals surface area contributed by atoms with Gasteiger partial charge in [0, 0.05) is 31.2 Å². The Bertz CT molecular complexity index is 452. The minimum atomic E-state index is 0.797. The molecule has 0 radical (unpaired) electrons. The molecule has 116 valence electrons. The zero-order valence-electron chi connectivity index (χ0n) is 13.1. The van der Waals surface area contributed by atoms with Crippen molar-refractivity contribution >= 4 is 6.29 Å². The van der Waals surface area contributed by atoms with Crippen LogP contribution in [-0.4, -0.2) is 50.6 Å².